The first-order chi connectivity index (χ1) is 9.61. The van der Waals surface area contributed by atoms with E-state index in [1.165, 1.54) is 0 Å². The Balaban J connectivity index is 2.28. The lowest BCUT2D eigenvalue weighted by molar-refractivity contribution is 0.321. The monoisotopic (exact) mass is 334 g/mol. The SMILES string of the molecule is CCOc1ccccc1Oc1ccc(C(=N)N)cc1Br. The molecule has 5 heteroatoms. The van der Waals surface area contributed by atoms with Gasteiger partial charge in [-0.1, -0.05) is 12.1 Å². The molecule has 0 bridgehead atoms. The summed E-state index contributed by atoms with van der Waals surface area (Å²) in [5, 5.41) is 7.41. The molecule has 0 aromatic heterocycles. The van der Waals surface area contributed by atoms with E-state index in [1.54, 1.807) is 18.2 Å². The third-order valence-electron chi connectivity index (χ3n) is 2.61. The minimum Gasteiger partial charge on any atom is -0.490 e. The van der Waals surface area contributed by atoms with Gasteiger partial charge < -0.3 is 15.2 Å². The van der Waals surface area contributed by atoms with Crippen LogP contribution in [0.2, 0.25) is 0 Å². The quantitative estimate of drug-likeness (QED) is 0.643. The minimum absolute atomic E-state index is 0.0203. The van der Waals surface area contributed by atoms with Gasteiger partial charge in [-0.15, -0.1) is 0 Å². The van der Waals surface area contributed by atoms with Gasteiger partial charge in [0.05, 0.1) is 11.1 Å². The molecule has 0 aliphatic rings. The van der Waals surface area contributed by atoms with Crippen molar-refractivity contribution in [1.82, 2.24) is 0 Å². The number of para-hydroxylation sites is 2. The molecule has 20 heavy (non-hydrogen) atoms. The summed E-state index contributed by atoms with van der Waals surface area (Å²) in [7, 11) is 0. The smallest absolute Gasteiger partial charge is 0.169 e. The molecule has 0 heterocycles. The van der Waals surface area contributed by atoms with Crippen LogP contribution < -0.4 is 15.2 Å². The highest BCUT2D eigenvalue weighted by atomic mass is 79.9. The Labute approximate surface area is 126 Å². The maximum Gasteiger partial charge on any atom is 0.169 e. The molecule has 0 saturated carbocycles. The molecule has 0 saturated heterocycles. The summed E-state index contributed by atoms with van der Waals surface area (Å²) in [6, 6.07) is 12.7. The minimum atomic E-state index is 0.0203. The van der Waals surface area contributed by atoms with Gasteiger partial charge in [0, 0.05) is 5.56 Å². The number of benzene rings is 2. The number of amidine groups is 1. The number of halogens is 1. The summed E-state index contributed by atoms with van der Waals surface area (Å²) in [5.41, 5.74) is 6.09. The van der Waals surface area contributed by atoms with Crippen molar-refractivity contribution in [2.75, 3.05) is 6.61 Å². The Bertz CT molecular complexity index is 629. The van der Waals surface area contributed by atoms with Crippen LogP contribution in [0.25, 0.3) is 0 Å². The molecule has 104 valence electrons. The molecular weight excluding hydrogens is 320 g/mol. The number of nitrogen functional groups attached to an aromatic ring is 1. The second kappa shape index (κ2) is 6.43. The predicted molar refractivity (Wildman–Crippen MR) is 82.8 cm³/mol. The molecule has 0 aliphatic carbocycles. The fraction of sp³-hybridized carbons (Fsp3) is 0.133. The molecule has 0 unspecified atom stereocenters. The molecule has 4 nitrogen and oxygen atoms in total. The average Bonchev–Trinajstić information content (AvgIpc) is 2.43. The van der Waals surface area contributed by atoms with Crippen molar-refractivity contribution in [1.29, 1.82) is 5.41 Å². The van der Waals surface area contributed by atoms with E-state index in [1.807, 2.05) is 31.2 Å². The van der Waals surface area contributed by atoms with E-state index in [9.17, 15) is 0 Å². The normalized spacial score (nSPS) is 10.1. The number of ether oxygens (including phenoxy) is 2. The molecule has 3 N–H and O–H groups in total. The zero-order chi connectivity index (χ0) is 14.5. The average molecular weight is 335 g/mol. The van der Waals surface area contributed by atoms with Crippen molar-refractivity contribution in [3.8, 4) is 17.2 Å². The van der Waals surface area contributed by atoms with Crippen molar-refractivity contribution < 1.29 is 9.47 Å². The van der Waals surface area contributed by atoms with Crippen LogP contribution in [0.3, 0.4) is 0 Å². The van der Waals surface area contributed by atoms with E-state index >= 15 is 0 Å². The van der Waals surface area contributed by atoms with Crippen LogP contribution in [0.15, 0.2) is 46.9 Å². The summed E-state index contributed by atoms with van der Waals surface area (Å²) >= 11 is 3.42. The number of hydrogen-bond donors (Lipinski definition) is 2. The Morgan fingerprint density at radius 3 is 2.45 bits per heavy atom. The topological polar surface area (TPSA) is 68.3 Å². The molecule has 0 aliphatic heterocycles. The second-order valence-corrected chi connectivity index (χ2v) is 4.90. The number of nitrogens with one attached hydrogen (secondary N) is 1. The van der Waals surface area contributed by atoms with Gasteiger partial charge in [-0.25, -0.2) is 0 Å². The highest BCUT2D eigenvalue weighted by Gasteiger charge is 2.09. The van der Waals surface area contributed by atoms with Crippen LogP contribution in [0.1, 0.15) is 12.5 Å². The van der Waals surface area contributed by atoms with E-state index < -0.39 is 0 Å². The standard InChI is InChI=1S/C15H15BrN2O2/c1-2-19-13-5-3-4-6-14(13)20-12-8-7-10(15(17)18)9-11(12)16/h3-9H,2H2,1H3,(H3,17,18). The Kier molecular flexibility index (Phi) is 4.63. The van der Waals surface area contributed by atoms with E-state index in [4.69, 9.17) is 20.6 Å². The highest BCUT2D eigenvalue weighted by molar-refractivity contribution is 9.10. The van der Waals surface area contributed by atoms with Crippen LogP contribution in [0, 0.1) is 5.41 Å². The number of rotatable bonds is 5. The molecule has 2 aromatic rings. The molecule has 0 amide bonds. The van der Waals surface area contributed by atoms with Gasteiger partial charge in [-0.2, -0.15) is 0 Å². The predicted octanol–water partition coefficient (Wildman–Crippen LogP) is 3.92. The van der Waals surface area contributed by atoms with E-state index in [-0.39, 0.29) is 5.84 Å². The molecule has 2 aromatic carbocycles. The molecule has 0 fully saturated rings. The number of nitrogens with two attached hydrogens (primary N) is 1. The van der Waals surface area contributed by atoms with Crippen LogP contribution in [0.4, 0.5) is 0 Å². The summed E-state index contributed by atoms with van der Waals surface area (Å²) in [6.07, 6.45) is 0. The molecule has 2 rings (SSSR count). The van der Waals surface area contributed by atoms with E-state index in [0.717, 1.165) is 4.47 Å². The molecule has 0 radical (unpaired) electrons. The third-order valence-corrected chi connectivity index (χ3v) is 3.23. The van der Waals surface area contributed by atoms with Crippen LogP contribution in [0.5, 0.6) is 17.2 Å². The summed E-state index contributed by atoms with van der Waals surface area (Å²) in [6.45, 7) is 2.50. The highest BCUT2D eigenvalue weighted by Crippen LogP contribution is 2.35. The lowest BCUT2D eigenvalue weighted by Gasteiger charge is -2.12. The van der Waals surface area contributed by atoms with Gasteiger partial charge in [-0.05, 0) is 53.2 Å². The lowest BCUT2D eigenvalue weighted by Crippen LogP contribution is -2.10. The fourth-order valence-corrected chi connectivity index (χ4v) is 2.14. The zero-order valence-electron chi connectivity index (χ0n) is 11.0. The van der Waals surface area contributed by atoms with Crippen molar-refractivity contribution in [2.24, 2.45) is 5.73 Å². The third kappa shape index (κ3) is 3.30. The first-order valence-electron chi connectivity index (χ1n) is 6.15. The molecule has 0 atom stereocenters. The summed E-state index contributed by atoms with van der Waals surface area (Å²) in [4.78, 5) is 0. The van der Waals surface area contributed by atoms with Gasteiger partial charge in [0.15, 0.2) is 11.5 Å². The van der Waals surface area contributed by atoms with Gasteiger partial charge in [-0.3, -0.25) is 5.41 Å². The Hall–Kier alpha value is -2.01. The first kappa shape index (κ1) is 14.4. The van der Waals surface area contributed by atoms with Gasteiger partial charge in [0.25, 0.3) is 0 Å². The molecule has 0 spiro atoms. The fourth-order valence-electron chi connectivity index (χ4n) is 1.68. The van der Waals surface area contributed by atoms with Gasteiger partial charge >= 0.3 is 0 Å². The zero-order valence-corrected chi connectivity index (χ0v) is 12.6. The van der Waals surface area contributed by atoms with Gasteiger partial charge in [0.2, 0.25) is 0 Å². The van der Waals surface area contributed by atoms with Crippen LogP contribution in [-0.2, 0) is 0 Å². The van der Waals surface area contributed by atoms with E-state index in [0.29, 0.717) is 29.4 Å². The maximum absolute atomic E-state index is 7.41. The van der Waals surface area contributed by atoms with Crippen molar-refractivity contribution in [3.63, 3.8) is 0 Å². The number of hydrogen-bond acceptors (Lipinski definition) is 3. The van der Waals surface area contributed by atoms with Crippen LogP contribution in [-0.4, -0.2) is 12.4 Å². The van der Waals surface area contributed by atoms with Crippen molar-refractivity contribution >= 4 is 21.8 Å². The largest absolute Gasteiger partial charge is 0.490 e. The van der Waals surface area contributed by atoms with Crippen molar-refractivity contribution in [3.05, 3.63) is 52.5 Å². The second-order valence-electron chi connectivity index (χ2n) is 4.04. The lowest BCUT2D eigenvalue weighted by atomic mass is 10.2. The summed E-state index contributed by atoms with van der Waals surface area (Å²) in [5.74, 6) is 2.00. The maximum atomic E-state index is 7.41. The Morgan fingerprint density at radius 2 is 1.85 bits per heavy atom. The summed E-state index contributed by atoms with van der Waals surface area (Å²) < 4.78 is 12.1. The van der Waals surface area contributed by atoms with Crippen molar-refractivity contribution in [2.45, 2.75) is 6.92 Å². The Morgan fingerprint density at radius 1 is 1.15 bits per heavy atom. The van der Waals surface area contributed by atoms with Crippen LogP contribution >= 0.6 is 15.9 Å². The van der Waals surface area contributed by atoms with Gasteiger partial charge in [0.1, 0.15) is 11.6 Å². The first-order valence-corrected chi connectivity index (χ1v) is 6.94. The van der Waals surface area contributed by atoms with E-state index in [2.05, 4.69) is 15.9 Å². The molecular formula is C15H15BrN2O2.